The van der Waals surface area contributed by atoms with E-state index in [1.807, 2.05) is 12.1 Å². The number of methoxy groups -OCH3 is 1. The molecule has 0 spiro atoms. The Kier molecular flexibility index (Phi) is 4.63. The first-order chi connectivity index (χ1) is 9.02. The summed E-state index contributed by atoms with van der Waals surface area (Å²) in [6.07, 6.45) is 2.26. The molecule has 1 heterocycles. The molecule has 1 atom stereocenters. The molecular weight excluding hydrogens is 241 g/mol. The van der Waals surface area contributed by atoms with E-state index in [0.29, 0.717) is 5.46 Å². The second-order valence-electron chi connectivity index (χ2n) is 5.58. The summed E-state index contributed by atoms with van der Waals surface area (Å²) in [5, 5.41) is 18.1. The highest BCUT2D eigenvalue weighted by molar-refractivity contribution is 6.58. The van der Waals surface area contributed by atoms with Gasteiger partial charge in [0, 0.05) is 20.2 Å². The standard InChI is InChI=1S/C14H22BNO3/c1-14(19-2)8-3-9-16(11-14)10-12-4-6-13(7-5-12)15(17)18/h4-7,17-18H,3,8-11H2,1-2H3. The van der Waals surface area contributed by atoms with Crippen LogP contribution in [0, 0.1) is 0 Å². The summed E-state index contributed by atoms with van der Waals surface area (Å²) in [4.78, 5) is 2.39. The summed E-state index contributed by atoms with van der Waals surface area (Å²) < 4.78 is 5.59. The summed E-state index contributed by atoms with van der Waals surface area (Å²) in [7, 11) is 0.391. The molecule has 19 heavy (non-hydrogen) atoms. The Hall–Kier alpha value is -0.875. The third-order valence-electron chi connectivity index (χ3n) is 3.91. The van der Waals surface area contributed by atoms with Crippen LogP contribution in [0.25, 0.3) is 0 Å². The van der Waals surface area contributed by atoms with Crippen LogP contribution in [0.5, 0.6) is 0 Å². The van der Waals surface area contributed by atoms with E-state index < -0.39 is 7.12 Å². The first-order valence-corrected chi connectivity index (χ1v) is 6.75. The fourth-order valence-electron chi connectivity index (χ4n) is 2.66. The summed E-state index contributed by atoms with van der Waals surface area (Å²) in [5.41, 5.74) is 1.67. The molecule has 1 aliphatic rings. The third-order valence-corrected chi connectivity index (χ3v) is 3.91. The van der Waals surface area contributed by atoms with Crippen LogP contribution < -0.4 is 5.46 Å². The number of benzene rings is 1. The number of piperidine rings is 1. The number of rotatable bonds is 4. The molecule has 0 bridgehead atoms. The van der Waals surface area contributed by atoms with E-state index in [2.05, 4.69) is 11.8 Å². The van der Waals surface area contributed by atoms with Gasteiger partial charge in [-0.3, -0.25) is 4.90 Å². The van der Waals surface area contributed by atoms with Crippen molar-refractivity contribution in [2.24, 2.45) is 0 Å². The van der Waals surface area contributed by atoms with Crippen molar-refractivity contribution in [3.05, 3.63) is 29.8 Å². The molecule has 1 saturated heterocycles. The Balaban J connectivity index is 1.97. The van der Waals surface area contributed by atoms with Gasteiger partial charge in [0.25, 0.3) is 0 Å². The number of likely N-dealkylation sites (tertiary alicyclic amines) is 1. The molecule has 2 N–H and O–H groups in total. The Morgan fingerprint density at radius 2 is 2.00 bits per heavy atom. The number of hydrogen-bond acceptors (Lipinski definition) is 4. The minimum Gasteiger partial charge on any atom is -0.423 e. The number of hydrogen-bond donors (Lipinski definition) is 2. The Labute approximate surface area is 115 Å². The van der Waals surface area contributed by atoms with E-state index in [4.69, 9.17) is 14.8 Å². The SMILES string of the molecule is COC1(C)CCCN(Cc2ccc(B(O)O)cc2)C1. The predicted molar refractivity (Wildman–Crippen MR) is 76.2 cm³/mol. The fourth-order valence-corrected chi connectivity index (χ4v) is 2.66. The molecular formula is C14H22BNO3. The van der Waals surface area contributed by atoms with Gasteiger partial charge in [0.05, 0.1) is 5.60 Å². The minimum absolute atomic E-state index is 0.0422. The molecule has 5 heteroatoms. The summed E-state index contributed by atoms with van der Waals surface area (Å²) in [5.74, 6) is 0. The van der Waals surface area contributed by atoms with Gasteiger partial charge < -0.3 is 14.8 Å². The van der Waals surface area contributed by atoms with Crippen molar-refractivity contribution in [3.8, 4) is 0 Å². The van der Waals surface area contributed by atoms with Crippen molar-refractivity contribution in [1.29, 1.82) is 0 Å². The van der Waals surface area contributed by atoms with Gasteiger partial charge in [-0.2, -0.15) is 0 Å². The molecule has 1 aromatic rings. The van der Waals surface area contributed by atoms with Crippen LogP contribution in [0.2, 0.25) is 0 Å². The van der Waals surface area contributed by atoms with E-state index in [-0.39, 0.29) is 5.60 Å². The topological polar surface area (TPSA) is 52.9 Å². The maximum Gasteiger partial charge on any atom is 0.488 e. The lowest BCUT2D eigenvalue weighted by molar-refractivity contribution is -0.0527. The molecule has 0 radical (unpaired) electrons. The van der Waals surface area contributed by atoms with Crippen molar-refractivity contribution >= 4 is 12.6 Å². The van der Waals surface area contributed by atoms with Gasteiger partial charge in [-0.15, -0.1) is 0 Å². The molecule has 0 saturated carbocycles. The van der Waals surface area contributed by atoms with Crippen LogP contribution in [0.4, 0.5) is 0 Å². The summed E-state index contributed by atoms with van der Waals surface area (Å²) in [6.45, 7) is 5.06. The third kappa shape index (κ3) is 3.80. The lowest BCUT2D eigenvalue weighted by Gasteiger charge is -2.39. The van der Waals surface area contributed by atoms with Gasteiger partial charge >= 0.3 is 7.12 Å². The maximum absolute atomic E-state index is 9.07. The van der Waals surface area contributed by atoms with Gasteiger partial charge in [0.15, 0.2) is 0 Å². The van der Waals surface area contributed by atoms with Crippen LogP contribution in [0.15, 0.2) is 24.3 Å². The Bertz CT molecular complexity index is 410. The van der Waals surface area contributed by atoms with Gasteiger partial charge in [0.2, 0.25) is 0 Å². The van der Waals surface area contributed by atoms with Gasteiger partial charge in [0.1, 0.15) is 0 Å². The lowest BCUT2D eigenvalue weighted by Crippen LogP contribution is -2.46. The smallest absolute Gasteiger partial charge is 0.423 e. The van der Waals surface area contributed by atoms with E-state index >= 15 is 0 Å². The molecule has 1 fully saturated rings. The van der Waals surface area contributed by atoms with E-state index in [0.717, 1.165) is 32.5 Å². The highest BCUT2D eigenvalue weighted by atomic mass is 16.5. The molecule has 1 aliphatic heterocycles. The highest BCUT2D eigenvalue weighted by Crippen LogP contribution is 2.24. The zero-order chi connectivity index (χ0) is 13.9. The van der Waals surface area contributed by atoms with Crippen molar-refractivity contribution in [3.63, 3.8) is 0 Å². The predicted octanol–water partition coefficient (Wildman–Crippen LogP) is 0.367. The highest BCUT2D eigenvalue weighted by Gasteiger charge is 2.30. The van der Waals surface area contributed by atoms with Gasteiger partial charge in [-0.25, -0.2) is 0 Å². The summed E-state index contributed by atoms with van der Waals surface area (Å²) >= 11 is 0. The normalized spacial score (nSPS) is 24.4. The van der Waals surface area contributed by atoms with Gasteiger partial charge in [-0.05, 0) is 37.3 Å². The Morgan fingerprint density at radius 3 is 2.58 bits per heavy atom. The van der Waals surface area contributed by atoms with E-state index in [9.17, 15) is 0 Å². The van der Waals surface area contributed by atoms with Crippen LogP contribution >= 0.6 is 0 Å². The minimum atomic E-state index is -1.39. The lowest BCUT2D eigenvalue weighted by atomic mass is 9.80. The first-order valence-electron chi connectivity index (χ1n) is 6.75. The van der Waals surface area contributed by atoms with E-state index in [1.165, 1.54) is 5.56 Å². The average Bonchev–Trinajstić information content (AvgIpc) is 2.39. The molecule has 0 amide bonds. The van der Waals surface area contributed by atoms with Crippen LogP contribution in [0.3, 0.4) is 0 Å². The number of ether oxygens (including phenoxy) is 1. The molecule has 104 valence electrons. The largest absolute Gasteiger partial charge is 0.488 e. The number of nitrogens with zero attached hydrogens (tertiary/aromatic N) is 1. The maximum atomic E-state index is 9.07. The molecule has 0 aliphatic carbocycles. The molecule has 2 rings (SSSR count). The van der Waals surface area contributed by atoms with Crippen molar-refractivity contribution in [2.45, 2.75) is 31.9 Å². The first kappa shape index (κ1) is 14.5. The van der Waals surface area contributed by atoms with Crippen LogP contribution in [-0.2, 0) is 11.3 Å². The fraction of sp³-hybridized carbons (Fsp3) is 0.571. The molecule has 1 aromatic carbocycles. The van der Waals surface area contributed by atoms with Crippen molar-refractivity contribution < 1.29 is 14.8 Å². The van der Waals surface area contributed by atoms with Crippen LogP contribution in [-0.4, -0.2) is 47.9 Å². The second-order valence-corrected chi connectivity index (χ2v) is 5.58. The molecule has 4 nitrogen and oxygen atoms in total. The Morgan fingerprint density at radius 1 is 1.32 bits per heavy atom. The van der Waals surface area contributed by atoms with E-state index in [1.54, 1.807) is 19.2 Å². The monoisotopic (exact) mass is 263 g/mol. The van der Waals surface area contributed by atoms with Crippen LogP contribution in [0.1, 0.15) is 25.3 Å². The average molecular weight is 263 g/mol. The van der Waals surface area contributed by atoms with Crippen molar-refractivity contribution in [1.82, 2.24) is 4.90 Å². The second kappa shape index (κ2) is 6.05. The zero-order valence-corrected chi connectivity index (χ0v) is 11.7. The quantitative estimate of drug-likeness (QED) is 0.770. The van der Waals surface area contributed by atoms with Gasteiger partial charge in [-0.1, -0.05) is 24.3 Å². The molecule has 1 unspecified atom stereocenters. The summed E-state index contributed by atoms with van der Waals surface area (Å²) in [6, 6.07) is 7.43. The zero-order valence-electron chi connectivity index (χ0n) is 11.7. The van der Waals surface area contributed by atoms with Crippen molar-refractivity contribution in [2.75, 3.05) is 20.2 Å². The molecule has 0 aromatic heterocycles.